The van der Waals surface area contributed by atoms with Gasteiger partial charge in [-0.25, -0.2) is 8.78 Å². The van der Waals surface area contributed by atoms with Gasteiger partial charge in [-0.1, -0.05) is 0 Å². The van der Waals surface area contributed by atoms with E-state index in [0.29, 0.717) is 6.07 Å². The van der Waals surface area contributed by atoms with Gasteiger partial charge >= 0.3 is 5.97 Å². The van der Waals surface area contributed by atoms with Crippen molar-refractivity contribution in [2.75, 3.05) is 7.05 Å². The number of carbonyl (C=O) groups is 2. The average Bonchev–Trinajstić information content (AvgIpc) is 2.22. The lowest BCUT2D eigenvalue weighted by molar-refractivity contribution is -0.137. The third-order valence-electron chi connectivity index (χ3n) is 1.99. The van der Waals surface area contributed by atoms with E-state index in [0.717, 1.165) is 12.1 Å². The quantitative estimate of drug-likeness (QED) is 0.592. The minimum absolute atomic E-state index is 0.582. The number of carboxylic acids is 1. The molecule has 0 aromatic heterocycles. The van der Waals surface area contributed by atoms with E-state index >= 15 is 0 Å². The topological polar surface area (TPSA) is 66.4 Å². The highest BCUT2D eigenvalue weighted by molar-refractivity contribution is 6.11. The first-order valence-electron chi connectivity index (χ1n) is 4.36. The lowest BCUT2D eigenvalue weighted by Crippen LogP contribution is -2.41. The van der Waals surface area contributed by atoms with Crippen LogP contribution in [-0.2, 0) is 4.79 Å². The molecule has 0 fully saturated rings. The van der Waals surface area contributed by atoms with Crippen molar-refractivity contribution in [2.45, 2.75) is 6.04 Å². The molecule has 0 saturated carbocycles. The van der Waals surface area contributed by atoms with Crippen molar-refractivity contribution >= 4 is 11.8 Å². The molecule has 0 amide bonds. The number of aliphatic carboxylic acids is 1. The van der Waals surface area contributed by atoms with Crippen LogP contribution in [0.5, 0.6) is 0 Å². The molecule has 1 rings (SSSR count). The number of rotatable bonds is 4. The molecule has 0 saturated heterocycles. The Balaban J connectivity index is 3.12. The van der Waals surface area contributed by atoms with Crippen LogP contribution in [0, 0.1) is 11.6 Å². The molecular weight excluding hydrogens is 220 g/mol. The summed E-state index contributed by atoms with van der Waals surface area (Å²) in [6.45, 7) is 0. The van der Waals surface area contributed by atoms with Crippen molar-refractivity contribution in [2.24, 2.45) is 0 Å². The number of Topliss-reactive ketones (excluding diaryl/α,β-unsaturated/α-hetero) is 1. The number of nitrogens with one attached hydrogen (secondary N) is 1. The third kappa shape index (κ3) is 2.40. The Morgan fingerprint density at radius 2 is 2.00 bits per heavy atom. The number of hydrogen-bond donors (Lipinski definition) is 2. The van der Waals surface area contributed by atoms with Crippen LogP contribution in [0.1, 0.15) is 10.4 Å². The number of ketones is 1. The van der Waals surface area contributed by atoms with Crippen molar-refractivity contribution in [1.82, 2.24) is 5.32 Å². The fourth-order valence-corrected chi connectivity index (χ4v) is 1.21. The SMILES string of the molecule is CNC(C(=O)O)C(=O)c1cc(F)ccc1F. The van der Waals surface area contributed by atoms with Crippen LogP contribution in [0.2, 0.25) is 0 Å². The minimum Gasteiger partial charge on any atom is -0.480 e. The molecule has 6 heteroatoms. The molecule has 1 aromatic rings. The van der Waals surface area contributed by atoms with Gasteiger partial charge in [0.2, 0.25) is 0 Å². The van der Waals surface area contributed by atoms with Gasteiger partial charge in [0.25, 0.3) is 0 Å². The van der Waals surface area contributed by atoms with E-state index in [1.807, 2.05) is 0 Å². The summed E-state index contributed by atoms with van der Waals surface area (Å²) in [4.78, 5) is 22.2. The standard InChI is InChI=1S/C10H9F2NO3/c1-13-8(10(15)16)9(14)6-4-5(11)2-3-7(6)12/h2-4,8,13H,1H3,(H,15,16). The summed E-state index contributed by atoms with van der Waals surface area (Å²) in [5.41, 5.74) is -0.582. The van der Waals surface area contributed by atoms with E-state index < -0.39 is 35.0 Å². The Hall–Kier alpha value is -1.82. The van der Waals surface area contributed by atoms with E-state index in [4.69, 9.17) is 5.11 Å². The number of halogens is 2. The summed E-state index contributed by atoms with van der Waals surface area (Å²) in [5, 5.41) is 10.9. The summed E-state index contributed by atoms with van der Waals surface area (Å²) in [5.74, 6) is -4.22. The van der Waals surface area contributed by atoms with E-state index in [1.165, 1.54) is 7.05 Å². The lowest BCUT2D eigenvalue weighted by Gasteiger charge is -2.10. The second-order valence-electron chi connectivity index (χ2n) is 3.05. The van der Waals surface area contributed by atoms with Gasteiger partial charge in [0.1, 0.15) is 11.6 Å². The molecule has 2 N–H and O–H groups in total. The Bertz CT molecular complexity index is 434. The van der Waals surface area contributed by atoms with Crippen molar-refractivity contribution in [3.05, 3.63) is 35.4 Å². The summed E-state index contributed by atoms with van der Waals surface area (Å²) in [7, 11) is 1.24. The average molecular weight is 229 g/mol. The van der Waals surface area contributed by atoms with Crippen LogP contribution in [0.3, 0.4) is 0 Å². The molecule has 0 spiro atoms. The molecule has 0 aliphatic carbocycles. The molecule has 0 heterocycles. The van der Waals surface area contributed by atoms with Gasteiger partial charge in [-0.2, -0.15) is 0 Å². The monoisotopic (exact) mass is 229 g/mol. The first-order chi connectivity index (χ1) is 7.47. The first-order valence-corrected chi connectivity index (χ1v) is 4.36. The Labute approximate surface area is 89.9 Å². The van der Waals surface area contributed by atoms with Crippen molar-refractivity contribution in [1.29, 1.82) is 0 Å². The second kappa shape index (κ2) is 4.80. The molecule has 1 unspecified atom stereocenters. The first kappa shape index (κ1) is 12.3. The molecule has 0 aliphatic rings. The smallest absolute Gasteiger partial charge is 0.328 e. The molecule has 16 heavy (non-hydrogen) atoms. The summed E-state index contributed by atoms with van der Waals surface area (Å²) < 4.78 is 26.0. The van der Waals surface area contributed by atoms with Gasteiger partial charge < -0.3 is 10.4 Å². The molecule has 1 aromatic carbocycles. The fourth-order valence-electron chi connectivity index (χ4n) is 1.21. The predicted octanol–water partition coefficient (Wildman–Crippen LogP) is 0.820. The van der Waals surface area contributed by atoms with Crippen LogP contribution in [0.15, 0.2) is 18.2 Å². The van der Waals surface area contributed by atoms with Gasteiger partial charge in [-0.3, -0.25) is 9.59 Å². The number of carboxylic acid groups (broad SMARTS) is 1. The number of carbonyl (C=O) groups excluding carboxylic acids is 1. The fraction of sp³-hybridized carbons (Fsp3) is 0.200. The largest absolute Gasteiger partial charge is 0.480 e. The highest BCUT2D eigenvalue weighted by Gasteiger charge is 2.27. The van der Waals surface area contributed by atoms with Gasteiger partial charge in [-0.15, -0.1) is 0 Å². The van der Waals surface area contributed by atoms with Crippen LogP contribution in [-0.4, -0.2) is 29.9 Å². The molecule has 4 nitrogen and oxygen atoms in total. The number of hydrogen-bond acceptors (Lipinski definition) is 3. The second-order valence-corrected chi connectivity index (χ2v) is 3.05. The van der Waals surface area contributed by atoms with E-state index in [9.17, 15) is 18.4 Å². The highest BCUT2D eigenvalue weighted by Crippen LogP contribution is 2.12. The molecule has 1 atom stereocenters. The molecular formula is C10H9F2NO3. The minimum atomic E-state index is -1.59. The summed E-state index contributed by atoms with van der Waals surface area (Å²) >= 11 is 0. The van der Waals surface area contributed by atoms with Gasteiger partial charge in [0, 0.05) is 0 Å². The zero-order valence-electron chi connectivity index (χ0n) is 8.33. The van der Waals surface area contributed by atoms with E-state index in [1.54, 1.807) is 0 Å². The van der Waals surface area contributed by atoms with Crippen LogP contribution in [0.25, 0.3) is 0 Å². The maximum atomic E-state index is 13.2. The van der Waals surface area contributed by atoms with E-state index in [2.05, 4.69) is 5.32 Å². The van der Waals surface area contributed by atoms with Gasteiger partial charge in [0.05, 0.1) is 5.56 Å². The van der Waals surface area contributed by atoms with Crippen LogP contribution >= 0.6 is 0 Å². The summed E-state index contributed by atoms with van der Waals surface area (Å²) in [6.07, 6.45) is 0. The third-order valence-corrected chi connectivity index (χ3v) is 1.99. The molecule has 0 radical (unpaired) electrons. The Kier molecular flexibility index (Phi) is 3.68. The Morgan fingerprint density at radius 3 is 2.50 bits per heavy atom. The molecule has 0 aliphatic heterocycles. The van der Waals surface area contributed by atoms with Crippen molar-refractivity contribution < 1.29 is 23.5 Å². The van der Waals surface area contributed by atoms with Crippen LogP contribution < -0.4 is 5.32 Å². The molecule has 86 valence electrons. The van der Waals surface area contributed by atoms with Crippen molar-refractivity contribution in [3.63, 3.8) is 0 Å². The predicted molar refractivity (Wildman–Crippen MR) is 51.2 cm³/mol. The van der Waals surface area contributed by atoms with Gasteiger partial charge in [0.15, 0.2) is 11.8 Å². The normalized spacial score (nSPS) is 12.2. The Morgan fingerprint density at radius 1 is 1.38 bits per heavy atom. The van der Waals surface area contributed by atoms with Crippen molar-refractivity contribution in [3.8, 4) is 0 Å². The summed E-state index contributed by atoms with van der Waals surface area (Å²) in [6, 6.07) is 0.708. The van der Waals surface area contributed by atoms with Crippen LogP contribution in [0.4, 0.5) is 8.78 Å². The van der Waals surface area contributed by atoms with E-state index in [-0.39, 0.29) is 0 Å². The maximum Gasteiger partial charge on any atom is 0.328 e. The highest BCUT2D eigenvalue weighted by atomic mass is 19.1. The lowest BCUT2D eigenvalue weighted by atomic mass is 10.0. The zero-order valence-corrected chi connectivity index (χ0v) is 8.33. The zero-order chi connectivity index (χ0) is 12.3. The van der Waals surface area contributed by atoms with Gasteiger partial charge in [-0.05, 0) is 25.2 Å². The maximum absolute atomic E-state index is 13.2. The number of likely N-dealkylation sites (N-methyl/N-ethyl adjacent to an activating group) is 1. The molecule has 0 bridgehead atoms. The number of benzene rings is 1.